The Bertz CT molecular complexity index is 38.5. The zero-order valence-electron chi connectivity index (χ0n) is 4.91. The summed E-state index contributed by atoms with van der Waals surface area (Å²) in [6.45, 7) is 3.00. The topological polar surface area (TPSA) is 20.2 Å². The van der Waals surface area contributed by atoms with Crippen molar-refractivity contribution in [2.45, 2.75) is 19.9 Å². The fourth-order valence-electron chi connectivity index (χ4n) is 0. The van der Waals surface area contributed by atoms with E-state index in [1.165, 1.54) is 13.8 Å². The van der Waals surface area contributed by atoms with Gasteiger partial charge in [0.05, 0.1) is 1.37 Å². The Kier molecular flexibility index (Phi) is 0.458. The van der Waals surface area contributed by atoms with Crippen LogP contribution < -0.4 is 0 Å². The Labute approximate surface area is 29.2 Å². The summed E-state index contributed by atoms with van der Waals surface area (Å²) >= 11 is 0. The van der Waals surface area contributed by atoms with Gasteiger partial charge in [-0.2, -0.15) is 0 Å². The fraction of sp³-hybridized carbons (Fsp3) is 1.00. The third-order valence-electron chi connectivity index (χ3n) is 0. The first kappa shape index (κ1) is 1.41. The van der Waals surface area contributed by atoms with E-state index in [4.69, 9.17) is 2.80 Å². The molecule has 0 radical (unpaired) electrons. The molecule has 0 heterocycles. The van der Waals surface area contributed by atoms with Gasteiger partial charge in [-0.15, -0.1) is 0 Å². The molecule has 0 aromatic carbocycles. The molecule has 0 amide bonds. The summed E-state index contributed by atoms with van der Waals surface area (Å²) in [7, 11) is 0. The maximum Gasteiger partial charge on any atom is 0.210 e. The van der Waals surface area contributed by atoms with E-state index in [9.17, 15) is 0 Å². The molecule has 26 valence electrons. The minimum atomic E-state index is -1.04. The van der Waals surface area contributed by atoms with Crippen molar-refractivity contribution < 1.29 is 6.48 Å². The van der Waals surface area contributed by atoms with Gasteiger partial charge in [-0.1, -0.05) is 0 Å². The highest BCUT2D eigenvalue weighted by Crippen LogP contribution is 1.65. The predicted molar refractivity (Wildman–Crippen MR) is 17.4 cm³/mol. The highest BCUT2D eigenvalue weighted by atomic mass is 16.3. The van der Waals surface area contributed by atoms with Gasteiger partial charge in [0.25, 0.3) is 0 Å². The SMILES string of the molecule is [2H]OC([2H])(C)C. The van der Waals surface area contributed by atoms with Crippen molar-refractivity contribution in [3.8, 4) is 0 Å². The summed E-state index contributed by atoms with van der Waals surface area (Å²) < 4.78 is 12.9. The van der Waals surface area contributed by atoms with E-state index >= 15 is 0 Å². The van der Waals surface area contributed by atoms with Crippen molar-refractivity contribution in [2.75, 3.05) is 0 Å². The van der Waals surface area contributed by atoms with Crippen molar-refractivity contribution in [3.63, 3.8) is 0 Å². The first-order chi connectivity index (χ1) is 2.56. The Hall–Kier alpha value is -0.0400. The second kappa shape index (κ2) is 1.30. The van der Waals surface area contributed by atoms with Crippen LogP contribution in [0.15, 0.2) is 0 Å². The average Bonchev–Trinajstić information content (AvgIpc) is 1.35. The zero-order valence-corrected chi connectivity index (χ0v) is 2.91. The van der Waals surface area contributed by atoms with E-state index in [2.05, 4.69) is 5.11 Å². The Morgan fingerprint density at radius 3 is 2.50 bits per heavy atom. The van der Waals surface area contributed by atoms with Gasteiger partial charge in [0, 0.05) is 6.08 Å². The van der Waals surface area contributed by atoms with Crippen LogP contribution in [0.4, 0.5) is 0 Å². The molecule has 1 N–H and O–H groups in total. The van der Waals surface area contributed by atoms with Gasteiger partial charge in [0.15, 0.2) is 0 Å². The van der Waals surface area contributed by atoms with Gasteiger partial charge in [-0.3, -0.25) is 0 Å². The number of rotatable bonds is 1. The summed E-state index contributed by atoms with van der Waals surface area (Å²) in [4.78, 5) is 0. The molecule has 0 aliphatic carbocycles. The molecule has 0 spiro atoms. The van der Waals surface area contributed by atoms with Crippen LogP contribution in [0.1, 0.15) is 15.2 Å². The van der Waals surface area contributed by atoms with Crippen LogP contribution in [0.3, 0.4) is 0 Å². The Morgan fingerprint density at radius 2 is 2.50 bits per heavy atom. The second-order valence-electron chi connectivity index (χ2n) is 0.908. The maximum absolute atomic E-state index is 6.77. The molecule has 0 saturated heterocycles. The lowest BCUT2D eigenvalue weighted by atomic mass is 10.5. The molecule has 0 saturated carbocycles. The molecule has 0 rings (SSSR count). The quantitative estimate of drug-likeness (QED) is 0.465. The molecule has 0 aromatic heterocycles. The van der Waals surface area contributed by atoms with Crippen molar-refractivity contribution in [1.82, 2.24) is 0 Å². The molecular formula is C3H8O. The van der Waals surface area contributed by atoms with Crippen LogP contribution in [0, 0.1) is 0 Å². The van der Waals surface area contributed by atoms with E-state index in [1.807, 2.05) is 0 Å². The lowest BCUT2D eigenvalue weighted by Crippen LogP contribution is -1.85. The van der Waals surface area contributed by atoms with Crippen molar-refractivity contribution >= 4 is 0 Å². The summed E-state index contributed by atoms with van der Waals surface area (Å²) in [5.41, 5.74) is 0. The van der Waals surface area contributed by atoms with Gasteiger partial charge in [0.2, 0.25) is 1.43 Å². The molecule has 0 unspecified atom stereocenters. The number of hydrogen-bond acceptors (Lipinski definition) is 1. The van der Waals surface area contributed by atoms with Crippen molar-refractivity contribution in [1.29, 1.82) is 1.43 Å². The van der Waals surface area contributed by atoms with Crippen LogP contribution >= 0.6 is 0 Å². The molecule has 0 aliphatic rings. The zero-order chi connectivity index (χ0) is 5.21. The van der Waals surface area contributed by atoms with Gasteiger partial charge in [0.1, 0.15) is 0 Å². The third kappa shape index (κ3) is 1130. The van der Waals surface area contributed by atoms with Gasteiger partial charge in [-0.05, 0) is 13.8 Å². The largest absolute Gasteiger partial charge is 0.394 e. The highest BCUT2D eigenvalue weighted by Gasteiger charge is 1.69. The number of hydrogen-bond donors (Lipinski definition) is 1. The predicted octanol–water partition coefficient (Wildman–Crippen LogP) is 0.387. The lowest BCUT2D eigenvalue weighted by molar-refractivity contribution is 0.216. The lowest BCUT2D eigenvalue weighted by Gasteiger charge is -1.80. The second-order valence-corrected chi connectivity index (χ2v) is 0.908. The summed E-state index contributed by atoms with van der Waals surface area (Å²) in [6, 6.07) is 0. The Morgan fingerprint density at radius 1 is 2.25 bits per heavy atom. The summed E-state index contributed by atoms with van der Waals surface area (Å²) in [6.07, 6.45) is -1.04. The van der Waals surface area contributed by atoms with E-state index < -0.39 is 6.08 Å². The van der Waals surface area contributed by atoms with E-state index in [1.54, 1.807) is 0 Å². The smallest absolute Gasteiger partial charge is 0.210 e. The van der Waals surface area contributed by atoms with Crippen molar-refractivity contribution in [2.24, 2.45) is 0 Å². The first-order valence-corrected chi connectivity index (χ1v) is 1.20. The van der Waals surface area contributed by atoms with E-state index in [-0.39, 0.29) is 0 Å². The molecular weight excluding hydrogens is 52.0 g/mol. The minimum Gasteiger partial charge on any atom is -0.394 e. The van der Waals surface area contributed by atoms with Crippen molar-refractivity contribution in [3.05, 3.63) is 0 Å². The standard InChI is InChI=1S/C3H8O/c1-3(2)4/h3-4H,1-2H3/i3D,4D. The average molecular weight is 62.1 g/mol. The van der Waals surface area contributed by atoms with Crippen LogP contribution in [0.25, 0.3) is 0 Å². The molecule has 0 aromatic rings. The van der Waals surface area contributed by atoms with Crippen LogP contribution in [-0.4, -0.2) is 12.6 Å². The molecule has 1 nitrogen and oxygen atoms in total. The number of aliphatic hydroxyl groups is 1. The summed E-state index contributed by atoms with van der Waals surface area (Å²) in [5.74, 6) is 0. The third-order valence-corrected chi connectivity index (χ3v) is 0. The molecule has 0 atom stereocenters. The van der Waals surface area contributed by atoms with Gasteiger partial charge in [-0.25, -0.2) is 0 Å². The normalized spacial score (nSPS) is 18.5. The highest BCUT2D eigenvalue weighted by molar-refractivity contribution is 4.20. The molecule has 0 aliphatic heterocycles. The first-order valence-electron chi connectivity index (χ1n) is 2.11. The van der Waals surface area contributed by atoms with E-state index in [0.717, 1.165) is 0 Å². The van der Waals surface area contributed by atoms with Gasteiger partial charge >= 0.3 is 0 Å². The molecule has 0 fully saturated rings. The van der Waals surface area contributed by atoms with E-state index in [0.29, 0.717) is 0 Å². The fourth-order valence-corrected chi connectivity index (χ4v) is 0. The van der Waals surface area contributed by atoms with Crippen LogP contribution in [0.2, 0.25) is 0 Å². The van der Waals surface area contributed by atoms with Gasteiger partial charge < -0.3 is 5.11 Å². The molecule has 1 heteroatoms. The van der Waals surface area contributed by atoms with Crippen LogP contribution in [-0.2, 0) is 0 Å². The monoisotopic (exact) mass is 62.1 g/mol. The molecule has 0 bridgehead atoms. The Balaban J connectivity index is 3.17. The molecule has 4 heavy (non-hydrogen) atoms. The van der Waals surface area contributed by atoms with Crippen LogP contribution in [0.5, 0.6) is 0 Å². The summed E-state index contributed by atoms with van der Waals surface area (Å²) in [5, 5.41) is 3.85. The maximum atomic E-state index is 6.77. The minimum absolute atomic E-state index is 1.04.